The molecule has 0 spiro atoms. The van der Waals surface area contributed by atoms with Gasteiger partial charge in [-0.05, 0) is 25.2 Å². The minimum absolute atomic E-state index is 0.136. The van der Waals surface area contributed by atoms with E-state index in [2.05, 4.69) is 10.6 Å². The van der Waals surface area contributed by atoms with Crippen LogP contribution in [0.25, 0.3) is 0 Å². The Hall–Kier alpha value is -1.08. The fourth-order valence-electron chi connectivity index (χ4n) is 2.66. The van der Waals surface area contributed by atoms with E-state index in [1.54, 1.807) is 6.19 Å². The molecule has 0 bridgehead atoms. The molecular formula is C10H15N3O. The first-order valence-electron chi connectivity index (χ1n) is 5.26. The summed E-state index contributed by atoms with van der Waals surface area (Å²) in [5.74, 6) is 0.486. The molecule has 3 atom stereocenters. The van der Waals surface area contributed by atoms with Crippen molar-refractivity contribution < 1.29 is 4.79 Å². The van der Waals surface area contributed by atoms with Gasteiger partial charge in [-0.2, -0.15) is 5.26 Å². The molecule has 2 rings (SSSR count). The zero-order valence-corrected chi connectivity index (χ0v) is 8.12. The van der Waals surface area contributed by atoms with Crippen molar-refractivity contribution in [2.24, 2.45) is 5.92 Å². The third kappa shape index (κ3) is 1.73. The van der Waals surface area contributed by atoms with Gasteiger partial charge in [0.05, 0.1) is 6.04 Å². The maximum Gasteiger partial charge on any atom is 0.250 e. The molecule has 1 heterocycles. The summed E-state index contributed by atoms with van der Waals surface area (Å²) in [7, 11) is 0. The Balaban J connectivity index is 1.93. The summed E-state index contributed by atoms with van der Waals surface area (Å²) in [5, 5.41) is 13.9. The van der Waals surface area contributed by atoms with Crippen molar-refractivity contribution in [1.29, 1.82) is 5.26 Å². The van der Waals surface area contributed by atoms with Gasteiger partial charge in [0, 0.05) is 6.04 Å². The van der Waals surface area contributed by atoms with Crippen LogP contribution >= 0.6 is 0 Å². The van der Waals surface area contributed by atoms with Gasteiger partial charge in [-0.1, -0.05) is 12.8 Å². The number of hydrogen-bond donors (Lipinski definition) is 2. The first kappa shape index (κ1) is 9.47. The summed E-state index contributed by atoms with van der Waals surface area (Å²) in [4.78, 5) is 11.4. The Labute approximate surface area is 83.7 Å². The van der Waals surface area contributed by atoms with Gasteiger partial charge in [0.25, 0.3) is 0 Å². The molecule has 0 radical (unpaired) electrons. The first-order valence-corrected chi connectivity index (χ1v) is 5.26. The molecule has 1 amide bonds. The molecule has 14 heavy (non-hydrogen) atoms. The number of carbonyl (C=O) groups excluding carboxylic acids is 1. The van der Waals surface area contributed by atoms with E-state index in [4.69, 9.17) is 5.26 Å². The molecule has 2 aliphatic rings. The average molecular weight is 193 g/mol. The highest BCUT2D eigenvalue weighted by Gasteiger charge is 2.37. The van der Waals surface area contributed by atoms with E-state index in [0.29, 0.717) is 12.0 Å². The Morgan fingerprint density at radius 3 is 2.93 bits per heavy atom. The molecule has 0 aromatic heterocycles. The number of hydrogen-bond acceptors (Lipinski definition) is 3. The molecule has 1 aliphatic carbocycles. The highest BCUT2D eigenvalue weighted by Crippen LogP contribution is 2.33. The third-order valence-corrected chi connectivity index (χ3v) is 3.36. The Kier molecular flexibility index (Phi) is 2.69. The largest absolute Gasteiger partial charge is 0.303 e. The van der Waals surface area contributed by atoms with E-state index in [0.717, 1.165) is 6.42 Å². The van der Waals surface area contributed by atoms with E-state index in [9.17, 15) is 4.79 Å². The van der Waals surface area contributed by atoms with Crippen molar-refractivity contribution in [1.82, 2.24) is 10.6 Å². The standard InChI is InChI=1S/C10H15N3O/c11-6-12-10(14)9-5-7-3-1-2-4-8(7)13-9/h7-9,13H,1-5H2,(H,12,14). The number of rotatable bonds is 1. The van der Waals surface area contributed by atoms with Crippen molar-refractivity contribution in [2.75, 3.05) is 0 Å². The summed E-state index contributed by atoms with van der Waals surface area (Å²) < 4.78 is 0. The van der Waals surface area contributed by atoms with Crippen LogP contribution in [0.5, 0.6) is 0 Å². The minimum atomic E-state index is -0.165. The van der Waals surface area contributed by atoms with Crippen LogP contribution in [0.3, 0.4) is 0 Å². The smallest absolute Gasteiger partial charge is 0.250 e. The molecule has 3 unspecified atom stereocenters. The van der Waals surface area contributed by atoms with Gasteiger partial charge in [0.2, 0.25) is 5.91 Å². The fraction of sp³-hybridized carbons (Fsp3) is 0.800. The van der Waals surface area contributed by atoms with Gasteiger partial charge in [-0.3, -0.25) is 10.1 Å². The van der Waals surface area contributed by atoms with Gasteiger partial charge in [-0.25, -0.2) is 0 Å². The summed E-state index contributed by atoms with van der Waals surface area (Å²) in [5.41, 5.74) is 0. The zero-order valence-electron chi connectivity index (χ0n) is 8.12. The van der Waals surface area contributed by atoms with Crippen LogP contribution in [0.4, 0.5) is 0 Å². The van der Waals surface area contributed by atoms with Crippen LogP contribution < -0.4 is 10.6 Å². The number of carbonyl (C=O) groups is 1. The van der Waals surface area contributed by atoms with Gasteiger partial charge >= 0.3 is 0 Å². The van der Waals surface area contributed by atoms with Gasteiger partial charge in [0.15, 0.2) is 6.19 Å². The molecule has 76 valence electrons. The summed E-state index contributed by atoms with van der Waals surface area (Å²) in [6.45, 7) is 0. The maximum absolute atomic E-state index is 11.4. The molecule has 0 aromatic carbocycles. The summed E-state index contributed by atoms with van der Waals surface area (Å²) in [6.07, 6.45) is 7.55. The molecule has 2 fully saturated rings. The van der Waals surface area contributed by atoms with Crippen molar-refractivity contribution >= 4 is 5.91 Å². The van der Waals surface area contributed by atoms with Crippen LogP contribution in [0.15, 0.2) is 0 Å². The Morgan fingerprint density at radius 2 is 2.21 bits per heavy atom. The average Bonchev–Trinajstić information content (AvgIpc) is 2.61. The number of fused-ring (bicyclic) bond motifs is 1. The van der Waals surface area contributed by atoms with Gasteiger partial charge < -0.3 is 5.32 Å². The number of nitrogens with zero attached hydrogens (tertiary/aromatic N) is 1. The zero-order chi connectivity index (χ0) is 9.97. The van der Waals surface area contributed by atoms with Crippen LogP contribution in [0.2, 0.25) is 0 Å². The third-order valence-electron chi connectivity index (χ3n) is 3.36. The highest BCUT2D eigenvalue weighted by atomic mass is 16.2. The Morgan fingerprint density at radius 1 is 1.43 bits per heavy atom. The topological polar surface area (TPSA) is 64.9 Å². The maximum atomic E-state index is 11.4. The SMILES string of the molecule is N#CNC(=O)C1CC2CCCCC2N1. The van der Waals surface area contributed by atoms with Crippen molar-refractivity contribution in [3.05, 3.63) is 0 Å². The monoisotopic (exact) mass is 193 g/mol. The predicted molar refractivity (Wildman–Crippen MR) is 51.0 cm³/mol. The fourth-order valence-corrected chi connectivity index (χ4v) is 2.66. The second kappa shape index (κ2) is 3.97. The minimum Gasteiger partial charge on any atom is -0.303 e. The van der Waals surface area contributed by atoms with E-state index in [-0.39, 0.29) is 11.9 Å². The molecule has 1 aliphatic heterocycles. The number of nitrogens with one attached hydrogen (secondary N) is 2. The lowest BCUT2D eigenvalue weighted by Crippen LogP contribution is -2.41. The molecule has 2 N–H and O–H groups in total. The van der Waals surface area contributed by atoms with Gasteiger partial charge in [-0.15, -0.1) is 0 Å². The lowest BCUT2D eigenvalue weighted by Gasteiger charge is -2.24. The Bertz CT molecular complexity index is 257. The van der Waals surface area contributed by atoms with Crippen molar-refractivity contribution in [3.8, 4) is 6.19 Å². The second-order valence-corrected chi connectivity index (χ2v) is 4.21. The lowest BCUT2D eigenvalue weighted by atomic mass is 9.85. The number of amides is 1. The van der Waals surface area contributed by atoms with E-state index in [1.165, 1.54) is 25.7 Å². The highest BCUT2D eigenvalue weighted by molar-refractivity contribution is 5.83. The van der Waals surface area contributed by atoms with E-state index >= 15 is 0 Å². The second-order valence-electron chi connectivity index (χ2n) is 4.21. The van der Waals surface area contributed by atoms with E-state index < -0.39 is 0 Å². The molecular weight excluding hydrogens is 178 g/mol. The molecule has 4 heteroatoms. The van der Waals surface area contributed by atoms with Crippen molar-refractivity contribution in [2.45, 2.75) is 44.2 Å². The van der Waals surface area contributed by atoms with Crippen molar-refractivity contribution in [3.63, 3.8) is 0 Å². The molecule has 0 aromatic rings. The lowest BCUT2D eigenvalue weighted by molar-refractivity contribution is -0.121. The molecule has 4 nitrogen and oxygen atoms in total. The van der Waals surface area contributed by atoms with E-state index in [1.807, 2.05) is 0 Å². The number of nitriles is 1. The van der Waals surface area contributed by atoms with Crippen LogP contribution in [-0.4, -0.2) is 18.0 Å². The van der Waals surface area contributed by atoms with Crippen LogP contribution in [0.1, 0.15) is 32.1 Å². The van der Waals surface area contributed by atoms with Gasteiger partial charge in [0.1, 0.15) is 0 Å². The summed E-state index contributed by atoms with van der Waals surface area (Å²) >= 11 is 0. The summed E-state index contributed by atoms with van der Waals surface area (Å²) in [6, 6.07) is 0.376. The normalized spacial score (nSPS) is 35.8. The molecule has 1 saturated carbocycles. The van der Waals surface area contributed by atoms with Crippen LogP contribution in [-0.2, 0) is 4.79 Å². The van der Waals surface area contributed by atoms with Crippen LogP contribution in [0, 0.1) is 17.4 Å². The quantitative estimate of drug-likeness (QED) is 0.471. The molecule has 1 saturated heterocycles. The predicted octanol–water partition coefficient (Wildman–Crippen LogP) is 0.504. The first-order chi connectivity index (χ1) is 6.81.